The van der Waals surface area contributed by atoms with Gasteiger partial charge in [-0.25, -0.2) is 4.79 Å². The lowest BCUT2D eigenvalue weighted by Crippen LogP contribution is -2.15. The van der Waals surface area contributed by atoms with Gasteiger partial charge >= 0.3 is 5.97 Å². The molecule has 0 fully saturated rings. The summed E-state index contributed by atoms with van der Waals surface area (Å²) >= 11 is 3.05. The van der Waals surface area contributed by atoms with Gasteiger partial charge in [0, 0.05) is 6.42 Å². The topological polar surface area (TPSA) is 83.8 Å². The van der Waals surface area contributed by atoms with Gasteiger partial charge in [-0.05, 0) is 30.2 Å². The number of alkyl halides is 1. The molecule has 5 nitrogen and oxygen atoms in total. The van der Waals surface area contributed by atoms with Crippen LogP contribution in [0.4, 0.5) is 0 Å². The van der Waals surface area contributed by atoms with Crippen molar-refractivity contribution in [2.24, 2.45) is 0 Å². The molecule has 6 heteroatoms. The lowest BCUT2D eigenvalue weighted by Gasteiger charge is -2.14. The summed E-state index contributed by atoms with van der Waals surface area (Å²) in [7, 11) is 0. The SMILES string of the molecule is CCOc1ccc(CC(=O)CBr)c(C(O)C(=O)O)c1. The Kier molecular flexibility index (Phi) is 5.98. The van der Waals surface area contributed by atoms with Crippen LogP contribution in [0.1, 0.15) is 24.2 Å². The second-order valence-corrected chi connectivity index (χ2v) is 4.44. The Morgan fingerprint density at radius 2 is 2.11 bits per heavy atom. The molecule has 0 aliphatic rings. The third-order valence-electron chi connectivity index (χ3n) is 2.49. The number of halogens is 1. The molecule has 0 aliphatic carbocycles. The highest BCUT2D eigenvalue weighted by Crippen LogP contribution is 2.25. The monoisotopic (exact) mass is 330 g/mol. The lowest BCUT2D eigenvalue weighted by atomic mass is 9.98. The van der Waals surface area contributed by atoms with E-state index in [1.807, 2.05) is 0 Å². The van der Waals surface area contributed by atoms with Crippen molar-refractivity contribution in [2.75, 3.05) is 11.9 Å². The van der Waals surface area contributed by atoms with E-state index in [1.54, 1.807) is 19.1 Å². The van der Waals surface area contributed by atoms with Crippen LogP contribution >= 0.6 is 15.9 Å². The van der Waals surface area contributed by atoms with Gasteiger partial charge in [-0.1, -0.05) is 22.0 Å². The number of carbonyl (C=O) groups is 2. The standard InChI is InChI=1S/C13H15BrO5/c1-2-19-10-4-3-8(5-9(15)7-14)11(6-10)12(16)13(17)18/h3-4,6,12,16H,2,5,7H2,1H3,(H,17,18). The third kappa shape index (κ3) is 4.33. The predicted molar refractivity (Wildman–Crippen MR) is 72.7 cm³/mol. The van der Waals surface area contributed by atoms with Crippen LogP contribution in [0.15, 0.2) is 18.2 Å². The molecule has 19 heavy (non-hydrogen) atoms. The minimum absolute atomic E-state index is 0.0668. The number of aliphatic carboxylic acids is 1. The molecule has 1 aromatic carbocycles. The van der Waals surface area contributed by atoms with Crippen molar-refractivity contribution >= 4 is 27.7 Å². The van der Waals surface area contributed by atoms with E-state index in [0.29, 0.717) is 17.9 Å². The first kappa shape index (κ1) is 15.7. The van der Waals surface area contributed by atoms with Gasteiger partial charge in [0.2, 0.25) is 0 Å². The Labute approximate surface area is 119 Å². The summed E-state index contributed by atoms with van der Waals surface area (Å²) in [5.41, 5.74) is 0.676. The van der Waals surface area contributed by atoms with E-state index in [0.717, 1.165) is 0 Å². The highest BCUT2D eigenvalue weighted by atomic mass is 79.9. The zero-order chi connectivity index (χ0) is 14.4. The highest BCUT2D eigenvalue weighted by molar-refractivity contribution is 9.09. The number of Topliss-reactive ketones (excluding diaryl/α,β-unsaturated/α-hetero) is 1. The Balaban J connectivity index is 3.14. The number of ketones is 1. The van der Waals surface area contributed by atoms with E-state index in [-0.39, 0.29) is 23.1 Å². The van der Waals surface area contributed by atoms with Crippen LogP contribution in [-0.4, -0.2) is 33.9 Å². The first-order valence-corrected chi connectivity index (χ1v) is 6.85. The summed E-state index contributed by atoms with van der Waals surface area (Å²) in [5, 5.41) is 18.7. The zero-order valence-corrected chi connectivity index (χ0v) is 12.0. The van der Waals surface area contributed by atoms with Gasteiger partial charge in [-0.3, -0.25) is 4.79 Å². The number of aliphatic hydroxyl groups is 1. The van der Waals surface area contributed by atoms with Crippen LogP contribution in [0.5, 0.6) is 5.75 Å². The third-order valence-corrected chi connectivity index (χ3v) is 3.12. The molecule has 1 unspecified atom stereocenters. The average molecular weight is 331 g/mol. The summed E-state index contributed by atoms with van der Waals surface area (Å²) in [6, 6.07) is 4.71. The summed E-state index contributed by atoms with van der Waals surface area (Å²) in [4.78, 5) is 22.3. The molecular formula is C13H15BrO5. The van der Waals surface area contributed by atoms with Crippen molar-refractivity contribution in [3.8, 4) is 5.75 Å². The summed E-state index contributed by atoms with van der Waals surface area (Å²) < 4.78 is 5.26. The van der Waals surface area contributed by atoms with E-state index >= 15 is 0 Å². The molecule has 104 valence electrons. The normalized spacial score (nSPS) is 11.9. The quantitative estimate of drug-likeness (QED) is 0.743. The predicted octanol–water partition coefficient (Wildman–Crippen LogP) is 1.71. The number of ether oxygens (including phenoxy) is 1. The van der Waals surface area contributed by atoms with Crippen LogP contribution < -0.4 is 4.74 Å². The van der Waals surface area contributed by atoms with Crippen LogP contribution in [-0.2, 0) is 16.0 Å². The Hall–Kier alpha value is -1.40. The van der Waals surface area contributed by atoms with Crippen molar-refractivity contribution in [2.45, 2.75) is 19.4 Å². The minimum atomic E-state index is -1.67. The van der Waals surface area contributed by atoms with Crippen molar-refractivity contribution < 1.29 is 24.5 Å². The molecule has 0 saturated heterocycles. The summed E-state index contributed by atoms with van der Waals surface area (Å²) in [6.07, 6.45) is -1.60. The number of carboxylic acid groups (broad SMARTS) is 1. The van der Waals surface area contributed by atoms with E-state index < -0.39 is 12.1 Å². The second kappa shape index (κ2) is 7.25. The molecule has 1 atom stereocenters. The molecule has 1 rings (SSSR count). The first-order chi connectivity index (χ1) is 8.99. The number of hydrogen-bond acceptors (Lipinski definition) is 4. The molecule has 0 heterocycles. The second-order valence-electron chi connectivity index (χ2n) is 3.88. The fourth-order valence-corrected chi connectivity index (χ4v) is 1.84. The molecule has 0 aliphatic heterocycles. The average Bonchev–Trinajstić information content (AvgIpc) is 2.39. The number of hydrogen-bond donors (Lipinski definition) is 2. The van der Waals surface area contributed by atoms with Crippen LogP contribution in [0.25, 0.3) is 0 Å². The molecule has 2 N–H and O–H groups in total. The Bertz CT molecular complexity index is 472. The molecule has 0 saturated carbocycles. The van der Waals surface area contributed by atoms with E-state index in [2.05, 4.69) is 15.9 Å². The first-order valence-electron chi connectivity index (χ1n) is 5.73. The van der Waals surface area contributed by atoms with E-state index in [9.17, 15) is 14.7 Å². The lowest BCUT2D eigenvalue weighted by molar-refractivity contribution is -0.147. The minimum Gasteiger partial charge on any atom is -0.494 e. The maximum atomic E-state index is 11.4. The molecule has 0 amide bonds. The number of aliphatic hydroxyl groups excluding tert-OH is 1. The van der Waals surface area contributed by atoms with Crippen molar-refractivity contribution in [1.82, 2.24) is 0 Å². The fraction of sp³-hybridized carbons (Fsp3) is 0.385. The van der Waals surface area contributed by atoms with Crippen LogP contribution in [0.2, 0.25) is 0 Å². The number of carbonyl (C=O) groups excluding carboxylic acids is 1. The molecular weight excluding hydrogens is 316 g/mol. The number of rotatable bonds is 7. The van der Waals surface area contributed by atoms with Gasteiger partial charge in [0.25, 0.3) is 0 Å². The molecule has 0 aromatic heterocycles. The molecule has 0 bridgehead atoms. The number of carboxylic acids is 1. The Morgan fingerprint density at radius 3 is 2.63 bits per heavy atom. The van der Waals surface area contributed by atoms with Gasteiger partial charge in [0.1, 0.15) is 11.5 Å². The van der Waals surface area contributed by atoms with Gasteiger partial charge in [-0.2, -0.15) is 0 Å². The van der Waals surface area contributed by atoms with Gasteiger partial charge < -0.3 is 14.9 Å². The largest absolute Gasteiger partial charge is 0.494 e. The summed E-state index contributed by atoms with van der Waals surface area (Å²) in [5.74, 6) is -0.989. The van der Waals surface area contributed by atoms with Crippen molar-refractivity contribution in [3.63, 3.8) is 0 Å². The van der Waals surface area contributed by atoms with Crippen LogP contribution in [0.3, 0.4) is 0 Å². The highest BCUT2D eigenvalue weighted by Gasteiger charge is 2.21. The maximum absolute atomic E-state index is 11.4. The maximum Gasteiger partial charge on any atom is 0.337 e. The van der Waals surface area contributed by atoms with E-state index in [4.69, 9.17) is 9.84 Å². The Morgan fingerprint density at radius 1 is 1.42 bits per heavy atom. The zero-order valence-electron chi connectivity index (χ0n) is 10.4. The number of benzene rings is 1. The molecule has 0 radical (unpaired) electrons. The molecule has 1 aromatic rings. The fourth-order valence-electron chi connectivity index (χ4n) is 1.64. The van der Waals surface area contributed by atoms with Crippen molar-refractivity contribution in [3.05, 3.63) is 29.3 Å². The van der Waals surface area contributed by atoms with Crippen LogP contribution in [0, 0.1) is 0 Å². The van der Waals surface area contributed by atoms with Gasteiger partial charge in [0.05, 0.1) is 11.9 Å². The van der Waals surface area contributed by atoms with Gasteiger partial charge in [0.15, 0.2) is 6.10 Å². The van der Waals surface area contributed by atoms with Gasteiger partial charge in [-0.15, -0.1) is 0 Å². The summed E-state index contributed by atoms with van der Waals surface area (Å²) in [6.45, 7) is 2.23. The molecule has 0 spiro atoms. The van der Waals surface area contributed by atoms with E-state index in [1.165, 1.54) is 6.07 Å². The smallest absolute Gasteiger partial charge is 0.337 e. The van der Waals surface area contributed by atoms with Crippen molar-refractivity contribution in [1.29, 1.82) is 0 Å².